The number of sulfone groups is 1. The van der Waals surface area contributed by atoms with Crippen molar-refractivity contribution >= 4 is 15.7 Å². The normalized spacial score (nSPS) is 17.0. The second kappa shape index (κ2) is 8.96. The summed E-state index contributed by atoms with van der Waals surface area (Å²) in [6, 6.07) is 15.7. The minimum atomic E-state index is -3.23. The molecule has 1 aliphatic rings. The van der Waals surface area contributed by atoms with Gasteiger partial charge in [-0.05, 0) is 41.7 Å². The van der Waals surface area contributed by atoms with Crippen LogP contribution < -0.4 is 11.1 Å². The van der Waals surface area contributed by atoms with E-state index in [0.717, 1.165) is 16.7 Å². The van der Waals surface area contributed by atoms with Gasteiger partial charge < -0.3 is 15.8 Å². The molecule has 8 heteroatoms. The lowest BCUT2D eigenvalue weighted by molar-refractivity contribution is -0.130. The van der Waals surface area contributed by atoms with Gasteiger partial charge in [0.05, 0.1) is 16.5 Å². The largest absolute Gasteiger partial charge is 0.381 e. The summed E-state index contributed by atoms with van der Waals surface area (Å²) in [6.45, 7) is 0.877. The molecule has 1 heterocycles. The van der Waals surface area contributed by atoms with Crippen LogP contribution in [0, 0.1) is 11.3 Å². The molecule has 3 N–H and O–H groups in total. The molecule has 0 aliphatic carbocycles. The Hall–Kier alpha value is -2.73. The van der Waals surface area contributed by atoms with Crippen LogP contribution in [0.25, 0.3) is 11.1 Å². The van der Waals surface area contributed by atoms with Crippen molar-refractivity contribution in [2.45, 2.75) is 35.7 Å². The summed E-state index contributed by atoms with van der Waals surface area (Å²) in [6.07, 6.45) is 2.41. The van der Waals surface area contributed by atoms with Gasteiger partial charge >= 0.3 is 0 Å². The van der Waals surface area contributed by atoms with E-state index in [1.54, 1.807) is 24.3 Å². The van der Waals surface area contributed by atoms with Gasteiger partial charge in [-0.3, -0.25) is 4.79 Å². The number of hydrogen-bond donors (Lipinski definition) is 2. The van der Waals surface area contributed by atoms with Crippen LogP contribution >= 0.6 is 0 Å². The third-order valence-corrected chi connectivity index (χ3v) is 6.44. The molecule has 0 radical (unpaired) electrons. The number of nitriles is 1. The van der Waals surface area contributed by atoms with E-state index in [1.807, 2.05) is 24.3 Å². The van der Waals surface area contributed by atoms with E-state index in [9.17, 15) is 18.5 Å². The molecule has 3 rings (SSSR count). The van der Waals surface area contributed by atoms with E-state index >= 15 is 0 Å². The van der Waals surface area contributed by atoms with Gasteiger partial charge in [0.15, 0.2) is 9.84 Å². The molecule has 7 nitrogen and oxygen atoms in total. The van der Waals surface area contributed by atoms with Crippen LogP contribution in [0.3, 0.4) is 0 Å². The summed E-state index contributed by atoms with van der Waals surface area (Å²) in [5.41, 5.74) is 7.91. The van der Waals surface area contributed by atoms with E-state index < -0.39 is 21.4 Å². The van der Waals surface area contributed by atoms with E-state index in [1.165, 1.54) is 6.26 Å². The first-order valence-corrected chi connectivity index (χ1v) is 11.6. The second-order valence-electron chi connectivity index (χ2n) is 7.62. The minimum Gasteiger partial charge on any atom is -0.381 e. The Bertz CT molecular complexity index is 1040. The lowest BCUT2D eigenvalue weighted by Gasteiger charge is -2.32. The van der Waals surface area contributed by atoms with Crippen molar-refractivity contribution in [1.82, 2.24) is 5.32 Å². The van der Waals surface area contributed by atoms with Gasteiger partial charge in [0.2, 0.25) is 5.91 Å². The lowest BCUT2D eigenvalue weighted by atomic mass is 9.90. The van der Waals surface area contributed by atoms with Crippen LogP contribution in [0.5, 0.6) is 0 Å². The molecule has 1 fully saturated rings. The summed E-state index contributed by atoms with van der Waals surface area (Å²) in [5.74, 6) is -0.320. The van der Waals surface area contributed by atoms with Crippen LogP contribution in [-0.2, 0) is 25.8 Å². The zero-order valence-corrected chi connectivity index (χ0v) is 17.6. The smallest absolute Gasteiger partial charge is 0.241 e. The number of hydrogen-bond acceptors (Lipinski definition) is 6. The van der Waals surface area contributed by atoms with Crippen LogP contribution in [-0.4, -0.2) is 45.4 Å². The lowest BCUT2D eigenvalue weighted by Crippen LogP contribution is -2.58. The molecule has 158 valence electrons. The number of carbonyl (C=O) groups is 1. The standard InChI is InChI=1S/C22H25N3O4S/c1-30(27,28)20-8-6-18(7-9-20)17-4-2-16(3-5-17)14-19(15-23)25-21(26)22(24)10-12-29-13-11-22/h2-9,19H,10-14,24H2,1H3,(H,25,26)/t19-/m0/s1. The predicted molar refractivity (Wildman–Crippen MR) is 113 cm³/mol. The van der Waals surface area contributed by atoms with Crippen molar-refractivity contribution in [3.63, 3.8) is 0 Å². The number of nitrogens with two attached hydrogens (primary N) is 1. The third kappa shape index (κ3) is 5.25. The first-order valence-electron chi connectivity index (χ1n) is 9.68. The molecule has 1 saturated heterocycles. The number of nitrogens with zero attached hydrogens (tertiary/aromatic N) is 1. The minimum absolute atomic E-state index is 0.276. The molecule has 0 saturated carbocycles. The maximum absolute atomic E-state index is 12.5. The van der Waals surface area contributed by atoms with Crippen molar-refractivity contribution < 1.29 is 17.9 Å². The summed E-state index contributed by atoms with van der Waals surface area (Å²) in [5, 5.41) is 12.2. The van der Waals surface area contributed by atoms with Crippen LogP contribution in [0.15, 0.2) is 53.4 Å². The van der Waals surface area contributed by atoms with Gasteiger partial charge in [-0.15, -0.1) is 0 Å². The molecule has 1 atom stereocenters. The summed E-state index contributed by atoms with van der Waals surface area (Å²) in [4.78, 5) is 12.8. The molecule has 2 aromatic rings. The number of amides is 1. The van der Waals surface area contributed by atoms with Crippen LogP contribution in [0.1, 0.15) is 18.4 Å². The number of benzene rings is 2. The van der Waals surface area contributed by atoms with E-state index in [0.29, 0.717) is 32.5 Å². The highest BCUT2D eigenvalue weighted by molar-refractivity contribution is 7.90. The Morgan fingerprint density at radius 3 is 2.17 bits per heavy atom. The van der Waals surface area contributed by atoms with Gasteiger partial charge in [0, 0.05) is 25.9 Å². The molecule has 0 bridgehead atoms. The molecule has 0 unspecified atom stereocenters. The van der Waals surface area contributed by atoms with Crippen molar-refractivity contribution in [2.24, 2.45) is 5.73 Å². The summed E-state index contributed by atoms with van der Waals surface area (Å²) < 4.78 is 28.4. The highest BCUT2D eigenvalue weighted by atomic mass is 32.2. The Kier molecular flexibility index (Phi) is 6.56. The monoisotopic (exact) mass is 427 g/mol. The van der Waals surface area contributed by atoms with Crippen molar-refractivity contribution in [3.05, 3.63) is 54.1 Å². The molecule has 2 aromatic carbocycles. The Labute approximate surface area is 176 Å². The van der Waals surface area contributed by atoms with Crippen molar-refractivity contribution in [2.75, 3.05) is 19.5 Å². The fraction of sp³-hybridized carbons (Fsp3) is 0.364. The summed E-state index contributed by atoms with van der Waals surface area (Å²) >= 11 is 0. The number of rotatable bonds is 6. The predicted octanol–water partition coefficient (Wildman–Crippen LogP) is 1.82. The zero-order chi connectivity index (χ0) is 21.8. The Balaban J connectivity index is 1.65. The topological polar surface area (TPSA) is 122 Å². The van der Waals surface area contributed by atoms with Gasteiger partial charge in [-0.25, -0.2) is 8.42 Å². The fourth-order valence-electron chi connectivity index (χ4n) is 3.36. The average Bonchev–Trinajstić information content (AvgIpc) is 2.73. The van der Waals surface area contributed by atoms with Gasteiger partial charge in [0.25, 0.3) is 0 Å². The zero-order valence-electron chi connectivity index (χ0n) is 16.8. The van der Waals surface area contributed by atoms with Crippen molar-refractivity contribution in [3.8, 4) is 17.2 Å². The van der Waals surface area contributed by atoms with Gasteiger partial charge in [0.1, 0.15) is 6.04 Å². The maximum atomic E-state index is 12.5. The highest BCUT2D eigenvalue weighted by Crippen LogP contribution is 2.23. The molecular weight excluding hydrogens is 402 g/mol. The first kappa shape index (κ1) is 22.0. The quantitative estimate of drug-likeness (QED) is 0.725. The van der Waals surface area contributed by atoms with Gasteiger partial charge in [-0.2, -0.15) is 5.26 Å². The van der Waals surface area contributed by atoms with Crippen molar-refractivity contribution in [1.29, 1.82) is 5.26 Å². The highest BCUT2D eigenvalue weighted by Gasteiger charge is 2.36. The second-order valence-corrected chi connectivity index (χ2v) is 9.64. The average molecular weight is 428 g/mol. The Morgan fingerprint density at radius 1 is 1.13 bits per heavy atom. The molecule has 1 aliphatic heterocycles. The third-order valence-electron chi connectivity index (χ3n) is 5.31. The molecule has 30 heavy (non-hydrogen) atoms. The van der Waals surface area contributed by atoms with E-state index in [4.69, 9.17) is 10.5 Å². The first-order chi connectivity index (χ1) is 14.2. The SMILES string of the molecule is CS(=O)(=O)c1ccc(-c2ccc(C[C@@H](C#N)NC(=O)C3(N)CCOCC3)cc2)cc1. The number of nitrogens with one attached hydrogen (secondary N) is 1. The van der Waals surface area contributed by atoms with E-state index in [2.05, 4.69) is 11.4 Å². The maximum Gasteiger partial charge on any atom is 0.241 e. The molecule has 0 spiro atoms. The van der Waals surface area contributed by atoms with Crippen LogP contribution in [0.2, 0.25) is 0 Å². The fourth-order valence-corrected chi connectivity index (χ4v) is 3.99. The number of ether oxygens (including phenoxy) is 1. The molecule has 1 amide bonds. The summed E-state index contributed by atoms with van der Waals surface area (Å²) in [7, 11) is -3.23. The number of carbonyl (C=O) groups excluding carboxylic acids is 1. The molecular formula is C22H25N3O4S. The van der Waals surface area contributed by atoms with E-state index in [-0.39, 0.29) is 10.8 Å². The Morgan fingerprint density at radius 2 is 1.67 bits per heavy atom. The van der Waals surface area contributed by atoms with Gasteiger partial charge in [-0.1, -0.05) is 36.4 Å². The molecule has 0 aromatic heterocycles. The van der Waals surface area contributed by atoms with Crippen LogP contribution in [0.4, 0.5) is 0 Å².